The molecule has 1 N–H and O–H groups in total. The molecule has 0 atom stereocenters. The monoisotopic (exact) mass is 467 g/mol. The van der Waals surface area contributed by atoms with Gasteiger partial charge in [-0.2, -0.15) is 0 Å². The summed E-state index contributed by atoms with van der Waals surface area (Å²) < 4.78 is 21.0. The Hall–Kier alpha value is -3.94. The lowest BCUT2D eigenvalue weighted by Gasteiger charge is -2.18. The number of allylic oxidation sites excluding steroid dienone is 1. The lowest BCUT2D eigenvalue weighted by atomic mass is 10.0. The number of hydrogen-bond donors (Lipinski definition) is 1. The highest BCUT2D eigenvalue weighted by Crippen LogP contribution is 2.34. The molecule has 0 saturated heterocycles. The molecule has 0 spiro atoms. The molecule has 34 heavy (non-hydrogen) atoms. The number of hydrogen-bond acceptors (Lipinski definition) is 7. The summed E-state index contributed by atoms with van der Waals surface area (Å²) in [7, 11) is 4.42. The quantitative estimate of drug-likeness (QED) is 0.444. The highest BCUT2D eigenvalue weighted by atomic mass is 16.5. The van der Waals surface area contributed by atoms with Crippen LogP contribution in [0.2, 0.25) is 0 Å². The fourth-order valence-electron chi connectivity index (χ4n) is 3.83. The summed E-state index contributed by atoms with van der Waals surface area (Å²) in [5.41, 5.74) is 2.53. The zero-order valence-corrected chi connectivity index (χ0v) is 20.0. The molecule has 1 amide bonds. The van der Waals surface area contributed by atoms with Gasteiger partial charge in [0.1, 0.15) is 0 Å². The summed E-state index contributed by atoms with van der Waals surface area (Å²) in [6.07, 6.45) is 2.15. The van der Waals surface area contributed by atoms with Gasteiger partial charge in [-0.3, -0.25) is 4.79 Å². The van der Waals surface area contributed by atoms with Crippen LogP contribution in [0.15, 0.2) is 53.2 Å². The number of phenols is 1. The standard InChI is InChI=1S/C26H29NO7/c1-6-34-22-15-18(7-9-20(22)28)13-19-24(26(30)33-5)16(2)27(25(19)29)12-11-17-8-10-21(31-3)23(14-17)32-4/h7-10,13-15,28H,6,11-12H2,1-5H3. The van der Waals surface area contributed by atoms with Crippen LogP contribution in [-0.4, -0.2) is 56.4 Å². The second-order valence-electron chi connectivity index (χ2n) is 7.57. The summed E-state index contributed by atoms with van der Waals surface area (Å²) >= 11 is 0. The molecule has 0 radical (unpaired) electrons. The fraction of sp³-hybridized carbons (Fsp3) is 0.308. The van der Waals surface area contributed by atoms with Gasteiger partial charge in [0, 0.05) is 12.2 Å². The topological polar surface area (TPSA) is 94.5 Å². The third-order valence-corrected chi connectivity index (χ3v) is 5.57. The minimum absolute atomic E-state index is 0.00166. The number of rotatable bonds is 9. The van der Waals surface area contributed by atoms with Gasteiger partial charge in [-0.05, 0) is 61.7 Å². The number of esters is 1. The third-order valence-electron chi connectivity index (χ3n) is 5.57. The summed E-state index contributed by atoms with van der Waals surface area (Å²) in [6, 6.07) is 10.3. The van der Waals surface area contributed by atoms with Crippen LogP contribution >= 0.6 is 0 Å². The van der Waals surface area contributed by atoms with Crippen LogP contribution in [0.1, 0.15) is 25.0 Å². The van der Waals surface area contributed by atoms with Gasteiger partial charge in [0.25, 0.3) is 5.91 Å². The first-order valence-corrected chi connectivity index (χ1v) is 10.8. The Morgan fingerprint density at radius 2 is 1.76 bits per heavy atom. The number of benzene rings is 2. The largest absolute Gasteiger partial charge is 0.504 e. The van der Waals surface area contributed by atoms with E-state index in [2.05, 4.69) is 0 Å². The van der Waals surface area contributed by atoms with Crippen molar-refractivity contribution in [3.63, 3.8) is 0 Å². The van der Waals surface area contributed by atoms with E-state index in [1.54, 1.807) is 44.3 Å². The van der Waals surface area contributed by atoms with Crippen LogP contribution in [0.3, 0.4) is 0 Å². The zero-order chi connectivity index (χ0) is 24.8. The molecule has 2 aromatic carbocycles. The van der Waals surface area contributed by atoms with Gasteiger partial charge in [-0.25, -0.2) is 4.79 Å². The maximum absolute atomic E-state index is 13.4. The normalized spacial score (nSPS) is 14.6. The van der Waals surface area contributed by atoms with Crippen LogP contribution in [0.4, 0.5) is 0 Å². The molecule has 2 aromatic rings. The van der Waals surface area contributed by atoms with Gasteiger partial charge in [0.2, 0.25) is 0 Å². The van der Waals surface area contributed by atoms with Gasteiger partial charge in [-0.1, -0.05) is 12.1 Å². The van der Waals surface area contributed by atoms with Crippen molar-refractivity contribution in [1.82, 2.24) is 4.90 Å². The second kappa shape index (κ2) is 10.8. The summed E-state index contributed by atoms with van der Waals surface area (Å²) in [5, 5.41) is 9.97. The van der Waals surface area contributed by atoms with E-state index < -0.39 is 5.97 Å². The number of carbonyl (C=O) groups excluding carboxylic acids is 2. The smallest absolute Gasteiger partial charge is 0.340 e. The van der Waals surface area contributed by atoms with Crippen molar-refractivity contribution < 1.29 is 33.6 Å². The number of carbonyl (C=O) groups is 2. The number of amides is 1. The molecule has 1 aliphatic heterocycles. The lowest BCUT2D eigenvalue weighted by molar-refractivity contribution is -0.136. The van der Waals surface area contributed by atoms with Crippen LogP contribution in [0.25, 0.3) is 6.08 Å². The fourth-order valence-corrected chi connectivity index (χ4v) is 3.83. The molecule has 1 heterocycles. The maximum Gasteiger partial charge on any atom is 0.340 e. The average Bonchev–Trinajstić information content (AvgIpc) is 3.07. The minimum atomic E-state index is -0.588. The van der Waals surface area contributed by atoms with E-state index in [0.29, 0.717) is 48.1 Å². The molecular weight excluding hydrogens is 438 g/mol. The van der Waals surface area contributed by atoms with Crippen molar-refractivity contribution in [1.29, 1.82) is 0 Å². The second-order valence-corrected chi connectivity index (χ2v) is 7.57. The number of aromatic hydroxyl groups is 1. The number of nitrogens with zero attached hydrogens (tertiary/aromatic N) is 1. The molecule has 3 rings (SSSR count). The molecule has 0 aliphatic carbocycles. The van der Waals surface area contributed by atoms with E-state index in [1.807, 2.05) is 25.1 Å². The maximum atomic E-state index is 13.4. The Morgan fingerprint density at radius 3 is 2.41 bits per heavy atom. The van der Waals surface area contributed by atoms with Crippen molar-refractivity contribution in [3.05, 3.63) is 64.4 Å². The average molecular weight is 468 g/mol. The Kier molecular flexibility index (Phi) is 7.83. The molecule has 0 bridgehead atoms. The minimum Gasteiger partial charge on any atom is -0.504 e. The molecule has 0 saturated carbocycles. The molecule has 8 heteroatoms. The molecular formula is C26H29NO7. The van der Waals surface area contributed by atoms with Crippen molar-refractivity contribution in [2.75, 3.05) is 34.5 Å². The first-order chi connectivity index (χ1) is 16.3. The van der Waals surface area contributed by atoms with E-state index in [1.165, 1.54) is 13.2 Å². The van der Waals surface area contributed by atoms with Gasteiger partial charge < -0.3 is 29.0 Å². The van der Waals surface area contributed by atoms with Gasteiger partial charge in [0.05, 0.1) is 39.1 Å². The molecule has 180 valence electrons. The highest BCUT2D eigenvalue weighted by Gasteiger charge is 2.36. The van der Waals surface area contributed by atoms with Crippen LogP contribution in [0.5, 0.6) is 23.0 Å². The third kappa shape index (κ3) is 5.01. The van der Waals surface area contributed by atoms with E-state index in [9.17, 15) is 14.7 Å². The summed E-state index contributed by atoms with van der Waals surface area (Å²) in [4.78, 5) is 27.5. The Balaban J connectivity index is 1.92. The van der Waals surface area contributed by atoms with Crippen LogP contribution in [0, 0.1) is 0 Å². The predicted octanol–water partition coefficient (Wildman–Crippen LogP) is 3.72. The summed E-state index contributed by atoms with van der Waals surface area (Å²) in [6.45, 7) is 4.27. The molecule has 8 nitrogen and oxygen atoms in total. The Labute approximate surface area is 199 Å². The van der Waals surface area contributed by atoms with E-state index in [-0.39, 0.29) is 22.8 Å². The predicted molar refractivity (Wildman–Crippen MR) is 127 cm³/mol. The molecule has 1 aliphatic rings. The van der Waals surface area contributed by atoms with Crippen LogP contribution < -0.4 is 14.2 Å². The highest BCUT2D eigenvalue weighted by molar-refractivity contribution is 6.16. The number of methoxy groups -OCH3 is 3. The van der Waals surface area contributed by atoms with Crippen molar-refractivity contribution in [2.45, 2.75) is 20.3 Å². The van der Waals surface area contributed by atoms with E-state index in [4.69, 9.17) is 18.9 Å². The van der Waals surface area contributed by atoms with E-state index in [0.717, 1.165) is 5.56 Å². The van der Waals surface area contributed by atoms with Gasteiger partial charge in [-0.15, -0.1) is 0 Å². The molecule has 0 fully saturated rings. The SMILES string of the molecule is CCOc1cc(C=C2C(=O)N(CCc3ccc(OC)c(OC)c3)C(C)=C2C(=O)OC)ccc1O. The first-order valence-electron chi connectivity index (χ1n) is 10.8. The first kappa shape index (κ1) is 24.7. The van der Waals surface area contributed by atoms with Crippen molar-refractivity contribution in [2.24, 2.45) is 0 Å². The molecule has 0 aromatic heterocycles. The van der Waals surface area contributed by atoms with Gasteiger partial charge >= 0.3 is 5.97 Å². The van der Waals surface area contributed by atoms with E-state index >= 15 is 0 Å². The van der Waals surface area contributed by atoms with Crippen LogP contribution in [-0.2, 0) is 20.7 Å². The number of ether oxygens (including phenoxy) is 4. The van der Waals surface area contributed by atoms with Crippen molar-refractivity contribution in [3.8, 4) is 23.0 Å². The Morgan fingerprint density at radius 1 is 1.03 bits per heavy atom. The number of phenolic OH excluding ortho intramolecular Hbond substituents is 1. The lowest BCUT2D eigenvalue weighted by Crippen LogP contribution is -2.27. The molecule has 0 unspecified atom stereocenters. The Bertz CT molecular complexity index is 1150. The van der Waals surface area contributed by atoms with Crippen molar-refractivity contribution >= 4 is 18.0 Å². The zero-order valence-electron chi connectivity index (χ0n) is 20.0. The summed E-state index contributed by atoms with van der Waals surface area (Å²) in [5.74, 6) is 0.636. The van der Waals surface area contributed by atoms with Gasteiger partial charge in [0.15, 0.2) is 23.0 Å².